The predicted octanol–water partition coefficient (Wildman–Crippen LogP) is 5.00. The van der Waals surface area contributed by atoms with Crippen LogP contribution in [-0.4, -0.2) is 83.0 Å². The lowest BCUT2D eigenvalue weighted by Crippen LogP contribution is -2.61. The highest BCUT2D eigenvalue weighted by Gasteiger charge is 2.40. The van der Waals surface area contributed by atoms with Gasteiger partial charge in [-0.1, -0.05) is 49.2 Å². The molecular formula is C30H37Cl2FN4O3. The molecule has 0 unspecified atom stereocenters. The first kappa shape index (κ1) is 29.1. The molecule has 216 valence electrons. The molecule has 1 atom stereocenters. The van der Waals surface area contributed by atoms with Crippen molar-refractivity contribution in [2.24, 2.45) is 5.41 Å². The van der Waals surface area contributed by atoms with Gasteiger partial charge in [-0.25, -0.2) is 4.39 Å². The largest absolute Gasteiger partial charge is 0.380 e. The highest BCUT2D eigenvalue weighted by molar-refractivity contribution is 6.40. The van der Waals surface area contributed by atoms with E-state index in [0.717, 1.165) is 38.0 Å². The van der Waals surface area contributed by atoms with Crippen LogP contribution in [0.1, 0.15) is 56.0 Å². The van der Waals surface area contributed by atoms with E-state index in [1.165, 1.54) is 25.1 Å². The molecule has 40 heavy (non-hydrogen) atoms. The molecule has 0 bridgehead atoms. The average Bonchev–Trinajstić information content (AvgIpc) is 3.25. The summed E-state index contributed by atoms with van der Waals surface area (Å²) in [4.78, 5) is 32.0. The van der Waals surface area contributed by atoms with Crippen molar-refractivity contribution < 1.29 is 19.1 Å². The summed E-state index contributed by atoms with van der Waals surface area (Å²) < 4.78 is 13.7. The summed E-state index contributed by atoms with van der Waals surface area (Å²) in [7, 11) is 0. The van der Waals surface area contributed by atoms with Crippen LogP contribution in [0, 0.1) is 11.2 Å². The van der Waals surface area contributed by atoms with E-state index in [1.807, 2.05) is 4.90 Å². The predicted molar refractivity (Wildman–Crippen MR) is 155 cm³/mol. The van der Waals surface area contributed by atoms with Gasteiger partial charge in [0.2, 0.25) is 0 Å². The van der Waals surface area contributed by atoms with Crippen LogP contribution in [0.5, 0.6) is 0 Å². The van der Waals surface area contributed by atoms with Crippen LogP contribution in [-0.2, 0) is 10.4 Å². The van der Waals surface area contributed by atoms with Crippen LogP contribution in [0.15, 0.2) is 36.4 Å². The van der Waals surface area contributed by atoms with Crippen molar-refractivity contribution in [1.29, 1.82) is 0 Å². The maximum absolute atomic E-state index is 13.7. The van der Waals surface area contributed by atoms with Crippen LogP contribution in [0.4, 0.5) is 10.1 Å². The number of amides is 2. The smallest absolute Gasteiger partial charge is 0.258 e. The van der Waals surface area contributed by atoms with E-state index in [2.05, 4.69) is 24.1 Å². The molecule has 2 amide bonds. The Kier molecular flexibility index (Phi) is 8.09. The first-order valence-electron chi connectivity index (χ1n) is 13.9. The highest BCUT2D eigenvalue weighted by atomic mass is 35.5. The Morgan fingerprint density at radius 2 is 1.70 bits per heavy atom. The second-order valence-electron chi connectivity index (χ2n) is 12.4. The van der Waals surface area contributed by atoms with Crippen LogP contribution in [0.2, 0.25) is 10.0 Å². The highest BCUT2D eigenvalue weighted by Crippen LogP contribution is 2.35. The zero-order valence-electron chi connectivity index (χ0n) is 23.2. The first-order valence-corrected chi connectivity index (χ1v) is 14.7. The number of hydrogen-bond acceptors (Lipinski definition) is 5. The molecule has 3 aliphatic heterocycles. The van der Waals surface area contributed by atoms with Gasteiger partial charge in [0.1, 0.15) is 5.82 Å². The van der Waals surface area contributed by atoms with E-state index >= 15 is 0 Å². The number of nitrogens with zero attached hydrogens (tertiary/aromatic N) is 3. The van der Waals surface area contributed by atoms with Gasteiger partial charge in [-0.2, -0.15) is 0 Å². The Morgan fingerprint density at radius 1 is 1.05 bits per heavy atom. The Morgan fingerprint density at radius 3 is 2.27 bits per heavy atom. The normalized spacial score (nSPS) is 21.7. The minimum absolute atomic E-state index is 0.0979. The summed E-state index contributed by atoms with van der Waals surface area (Å²) >= 11 is 13.1. The molecule has 2 aromatic carbocycles. The maximum Gasteiger partial charge on any atom is 0.258 e. The number of likely N-dealkylation sites (tertiary alicyclic amines) is 3. The first-order chi connectivity index (χ1) is 18.8. The van der Waals surface area contributed by atoms with Crippen molar-refractivity contribution in [3.8, 4) is 0 Å². The summed E-state index contributed by atoms with van der Waals surface area (Å²) in [6.07, 6.45) is 2.57. The molecule has 5 rings (SSSR count). The minimum atomic E-state index is -1.77. The molecule has 2 aromatic rings. The van der Waals surface area contributed by atoms with Gasteiger partial charge in [0.25, 0.3) is 11.8 Å². The van der Waals surface area contributed by atoms with Crippen LogP contribution in [0.25, 0.3) is 0 Å². The molecule has 3 heterocycles. The van der Waals surface area contributed by atoms with E-state index < -0.39 is 17.3 Å². The van der Waals surface area contributed by atoms with E-state index in [4.69, 9.17) is 23.2 Å². The molecule has 2 N–H and O–H groups in total. The number of halogens is 3. The quantitative estimate of drug-likeness (QED) is 0.495. The summed E-state index contributed by atoms with van der Waals surface area (Å²) in [5.41, 5.74) is -0.263. The number of carbonyl (C=O) groups excluding carboxylic acids is 2. The number of benzene rings is 2. The lowest BCUT2D eigenvalue weighted by Gasteiger charge is -2.48. The lowest BCUT2D eigenvalue weighted by atomic mass is 9.92. The second-order valence-corrected chi connectivity index (χ2v) is 13.2. The van der Waals surface area contributed by atoms with E-state index in [9.17, 15) is 19.1 Å². The van der Waals surface area contributed by atoms with Gasteiger partial charge in [0.15, 0.2) is 5.60 Å². The van der Waals surface area contributed by atoms with Crippen LogP contribution in [0.3, 0.4) is 0 Å². The fourth-order valence-electron chi connectivity index (χ4n) is 6.10. The van der Waals surface area contributed by atoms with Crippen LogP contribution >= 0.6 is 23.2 Å². The van der Waals surface area contributed by atoms with Gasteiger partial charge in [0.05, 0.1) is 21.7 Å². The Bertz CT molecular complexity index is 1270. The molecule has 0 spiro atoms. The average molecular weight is 592 g/mol. The van der Waals surface area contributed by atoms with Gasteiger partial charge in [-0.05, 0) is 61.4 Å². The number of nitrogens with one attached hydrogen (secondary N) is 1. The number of hydrogen-bond donors (Lipinski definition) is 2. The zero-order chi connectivity index (χ0) is 28.8. The second kappa shape index (κ2) is 11.1. The third-order valence-corrected chi connectivity index (χ3v) is 9.17. The molecule has 0 aromatic heterocycles. The molecule has 3 fully saturated rings. The zero-order valence-corrected chi connectivity index (χ0v) is 24.7. The van der Waals surface area contributed by atoms with Crippen molar-refractivity contribution >= 4 is 40.7 Å². The van der Waals surface area contributed by atoms with Crippen molar-refractivity contribution in [3.63, 3.8) is 0 Å². The SMILES string of the molecule is CC1(C)CCN(C(=O)c2c(Cl)cc(NC3CN(C4CCN(C(=O)[C@@](C)(O)c5cccc(F)c5)CC4)C3)cc2Cl)C1. The number of aliphatic hydroxyl groups is 1. The molecule has 0 aliphatic carbocycles. The van der Waals surface area contributed by atoms with Gasteiger partial charge in [-0.3, -0.25) is 14.5 Å². The number of anilines is 1. The molecular weight excluding hydrogens is 554 g/mol. The maximum atomic E-state index is 13.7. The number of rotatable bonds is 6. The Labute approximate surface area is 245 Å². The lowest BCUT2D eigenvalue weighted by molar-refractivity contribution is -0.152. The third kappa shape index (κ3) is 5.96. The third-order valence-electron chi connectivity index (χ3n) is 8.57. The fourth-order valence-corrected chi connectivity index (χ4v) is 6.75. The van der Waals surface area contributed by atoms with Crippen molar-refractivity contribution in [1.82, 2.24) is 14.7 Å². The standard InChI is InChI=1S/C30H37Cl2FN4O3/c1-29(2)9-12-36(18-29)27(38)26-24(31)14-21(15-25(26)32)34-22-16-37(17-22)23-7-10-35(11-8-23)28(39)30(3,40)19-5-4-6-20(33)13-19/h4-6,13-15,22-23,34,40H,7-12,16-18H2,1-3H3/t30-/m0/s1. The summed E-state index contributed by atoms with van der Waals surface area (Å²) in [6.45, 7) is 9.90. The number of carbonyl (C=O) groups is 2. The summed E-state index contributed by atoms with van der Waals surface area (Å²) in [5.74, 6) is -1.00. The topological polar surface area (TPSA) is 76.1 Å². The van der Waals surface area contributed by atoms with Gasteiger partial charge < -0.3 is 20.2 Å². The molecule has 0 radical (unpaired) electrons. The van der Waals surface area contributed by atoms with Crippen LogP contribution < -0.4 is 5.32 Å². The molecule has 10 heteroatoms. The Hall–Kier alpha value is -2.39. The van der Waals surface area contributed by atoms with E-state index in [-0.39, 0.29) is 22.9 Å². The summed E-state index contributed by atoms with van der Waals surface area (Å²) in [6, 6.07) is 9.69. The molecule has 3 aliphatic rings. The van der Waals surface area contributed by atoms with Crippen molar-refractivity contribution in [2.45, 2.75) is 57.7 Å². The number of piperidine rings is 1. The monoisotopic (exact) mass is 590 g/mol. The summed E-state index contributed by atoms with van der Waals surface area (Å²) in [5, 5.41) is 15.1. The minimum Gasteiger partial charge on any atom is -0.380 e. The molecule has 0 saturated carbocycles. The fraction of sp³-hybridized carbons (Fsp3) is 0.533. The van der Waals surface area contributed by atoms with Gasteiger partial charge in [-0.15, -0.1) is 0 Å². The van der Waals surface area contributed by atoms with E-state index in [1.54, 1.807) is 23.1 Å². The Balaban J connectivity index is 1.11. The van der Waals surface area contributed by atoms with Gasteiger partial charge >= 0.3 is 0 Å². The molecule has 7 nitrogen and oxygen atoms in total. The van der Waals surface area contributed by atoms with Crippen molar-refractivity contribution in [2.75, 3.05) is 44.6 Å². The van der Waals surface area contributed by atoms with Crippen molar-refractivity contribution in [3.05, 3.63) is 63.4 Å². The van der Waals surface area contributed by atoms with E-state index in [0.29, 0.717) is 47.8 Å². The molecule has 3 saturated heterocycles. The van der Waals surface area contributed by atoms with Gasteiger partial charge in [0, 0.05) is 51.0 Å².